The predicted molar refractivity (Wildman–Crippen MR) is 132 cm³/mol. The number of nitrogens with zero attached hydrogens (tertiary/aromatic N) is 2. The Balaban J connectivity index is 2.01. The average molecular weight is 617 g/mol. The molecule has 16 heteroatoms. The summed E-state index contributed by atoms with van der Waals surface area (Å²) in [6, 6.07) is 4.07. The Kier molecular flexibility index (Phi) is 6.94. The maximum Gasteiger partial charge on any atom is 0.417 e. The van der Waals surface area contributed by atoms with Crippen molar-refractivity contribution in [2.45, 2.75) is 25.1 Å². The van der Waals surface area contributed by atoms with Crippen molar-refractivity contribution < 1.29 is 50.2 Å². The lowest BCUT2D eigenvalue weighted by Gasteiger charge is -2.28. The lowest BCUT2D eigenvalue weighted by Crippen LogP contribution is -2.41. The van der Waals surface area contributed by atoms with Crippen LogP contribution in [0.15, 0.2) is 36.4 Å². The van der Waals surface area contributed by atoms with Crippen molar-refractivity contribution >= 4 is 34.3 Å². The first kappa shape index (κ1) is 29.3. The third-order valence-corrected chi connectivity index (χ3v) is 7.07. The van der Waals surface area contributed by atoms with E-state index in [4.69, 9.17) is 17.3 Å². The molecule has 3 aromatic carbocycles. The van der Waals surface area contributed by atoms with Crippen LogP contribution in [0, 0.1) is 11.6 Å². The number of carbonyl (C=O) groups excluding carboxylic acids is 2. The number of hydrogen-bond acceptors (Lipinski definition) is 5. The highest BCUT2D eigenvalue weighted by molar-refractivity contribution is 6.31. The summed E-state index contributed by atoms with van der Waals surface area (Å²) >= 11 is 6.21. The molecule has 1 aliphatic rings. The van der Waals surface area contributed by atoms with Gasteiger partial charge in [0.05, 0.1) is 29.0 Å². The fourth-order valence-corrected chi connectivity index (χ4v) is 5.32. The monoisotopic (exact) mass is 616 g/mol. The van der Waals surface area contributed by atoms with Gasteiger partial charge >= 0.3 is 12.8 Å². The van der Waals surface area contributed by atoms with Crippen LogP contribution in [-0.4, -0.2) is 33.3 Å². The number of primary amides is 1. The molecule has 5 rings (SSSR count). The van der Waals surface area contributed by atoms with Crippen LogP contribution in [-0.2, 0) is 30.3 Å². The minimum absolute atomic E-state index is 0.0703. The number of benzene rings is 3. The number of halogens is 8. The van der Waals surface area contributed by atoms with Crippen LogP contribution in [0.3, 0.4) is 0 Å². The van der Waals surface area contributed by atoms with Gasteiger partial charge in [-0.25, -0.2) is 8.78 Å². The summed E-state index contributed by atoms with van der Waals surface area (Å²) in [6.45, 7) is -4.09. The summed E-state index contributed by atoms with van der Waals surface area (Å²) in [5, 5.41) is 17.7. The van der Waals surface area contributed by atoms with Gasteiger partial charge in [0.25, 0.3) is 5.91 Å². The van der Waals surface area contributed by atoms with Crippen LogP contribution in [0.1, 0.15) is 43.1 Å². The second kappa shape index (κ2) is 9.96. The van der Waals surface area contributed by atoms with Gasteiger partial charge in [0, 0.05) is 34.1 Å². The molecule has 1 unspecified atom stereocenters. The normalized spacial score (nSPS) is 16.8. The largest absolute Gasteiger partial charge is 0.417 e. The number of hydrogen-bond donors (Lipinski definition) is 3. The molecule has 1 atom stereocenters. The Bertz CT molecular complexity index is 1810. The fraction of sp³-hybridized carbons (Fsp3) is 0.192. The van der Waals surface area contributed by atoms with E-state index in [-0.39, 0.29) is 27.7 Å². The molecule has 1 aromatic heterocycles. The molecular weight excluding hydrogens is 601 g/mol. The molecule has 42 heavy (non-hydrogen) atoms. The molecule has 0 saturated carbocycles. The summed E-state index contributed by atoms with van der Waals surface area (Å²) in [4.78, 5) is 25.8. The minimum atomic E-state index is -5.33. The number of aryl methyl sites for hydroxylation is 1. The summed E-state index contributed by atoms with van der Waals surface area (Å²) in [5.41, 5.74) is -4.11. The maximum atomic E-state index is 14.4. The molecule has 0 saturated heterocycles. The van der Waals surface area contributed by atoms with E-state index < -0.39 is 87.5 Å². The number of ether oxygens (including phenoxy) is 1. The Labute approximate surface area is 235 Å². The summed E-state index contributed by atoms with van der Waals surface area (Å²) in [6.07, 6.45) is -5.33. The van der Waals surface area contributed by atoms with Gasteiger partial charge in [0.15, 0.2) is 5.72 Å². The van der Waals surface area contributed by atoms with Crippen LogP contribution in [0.2, 0.25) is 5.02 Å². The molecule has 0 bridgehead atoms. The van der Waals surface area contributed by atoms with Crippen LogP contribution in [0.25, 0.3) is 22.0 Å². The van der Waals surface area contributed by atoms with E-state index in [0.717, 1.165) is 28.9 Å². The molecular formula is C26H16ClF7N4O4. The van der Waals surface area contributed by atoms with E-state index in [0.29, 0.717) is 6.07 Å². The number of nitrogens with one attached hydrogen (secondary N) is 1. The highest BCUT2D eigenvalue weighted by atomic mass is 35.5. The second-order valence-electron chi connectivity index (χ2n) is 9.24. The second-order valence-corrected chi connectivity index (χ2v) is 9.65. The van der Waals surface area contributed by atoms with E-state index in [9.17, 15) is 45.4 Å². The number of carbonyl (C=O) groups is 2. The van der Waals surface area contributed by atoms with Gasteiger partial charge in [0.2, 0.25) is 5.91 Å². The van der Waals surface area contributed by atoms with Crippen LogP contribution >= 0.6 is 11.6 Å². The van der Waals surface area contributed by atoms with Gasteiger partial charge in [-0.2, -0.15) is 27.1 Å². The molecule has 4 N–H and O–H groups in total. The molecule has 4 aromatic rings. The van der Waals surface area contributed by atoms with Gasteiger partial charge < -0.3 is 20.9 Å². The molecule has 2 amide bonds. The Hall–Kier alpha value is -4.21. The number of alkyl halides is 5. The minimum Gasteiger partial charge on any atom is -0.366 e. The quantitative estimate of drug-likeness (QED) is 0.265. The van der Waals surface area contributed by atoms with Gasteiger partial charge in [-0.15, -0.1) is 0 Å². The lowest BCUT2D eigenvalue weighted by atomic mass is 9.82. The molecule has 0 fully saturated rings. The third-order valence-electron chi connectivity index (χ3n) is 6.74. The topological polar surface area (TPSA) is 119 Å². The summed E-state index contributed by atoms with van der Waals surface area (Å²) < 4.78 is 103. The molecule has 0 aliphatic carbocycles. The van der Waals surface area contributed by atoms with Crippen molar-refractivity contribution in [3.8, 4) is 11.1 Å². The number of amides is 2. The number of nitrogens with two attached hydrogens (primary N) is 1. The first-order chi connectivity index (χ1) is 19.5. The smallest absolute Gasteiger partial charge is 0.366 e. The number of rotatable bonds is 6. The Morgan fingerprint density at radius 3 is 2.48 bits per heavy atom. The van der Waals surface area contributed by atoms with Crippen molar-refractivity contribution in [1.29, 1.82) is 0 Å². The number of aromatic nitrogens is 2. The van der Waals surface area contributed by atoms with Gasteiger partial charge in [-0.1, -0.05) is 11.6 Å². The molecule has 8 nitrogen and oxygen atoms in total. The number of fused-ring (bicyclic) bond motifs is 3. The number of aliphatic hydroxyl groups is 1. The first-order valence-electron chi connectivity index (χ1n) is 11.7. The zero-order chi connectivity index (χ0) is 30.9. The van der Waals surface area contributed by atoms with E-state index in [1.54, 1.807) is 0 Å². The Morgan fingerprint density at radius 1 is 1.17 bits per heavy atom. The van der Waals surface area contributed by atoms with E-state index in [2.05, 4.69) is 15.2 Å². The summed E-state index contributed by atoms with van der Waals surface area (Å²) in [5.74, 6) is -5.08. The molecule has 1 aliphatic heterocycles. The van der Waals surface area contributed by atoms with E-state index >= 15 is 0 Å². The Morgan fingerprint density at radius 2 is 1.86 bits per heavy atom. The zero-order valence-electron chi connectivity index (χ0n) is 20.9. The fourth-order valence-electron chi connectivity index (χ4n) is 5.07. The van der Waals surface area contributed by atoms with Gasteiger partial charge in [-0.3, -0.25) is 14.3 Å². The van der Waals surface area contributed by atoms with Gasteiger partial charge in [-0.05, 0) is 42.0 Å². The highest BCUT2D eigenvalue weighted by Gasteiger charge is 2.49. The van der Waals surface area contributed by atoms with Crippen molar-refractivity contribution in [2.24, 2.45) is 12.8 Å². The predicted octanol–water partition coefficient (Wildman–Crippen LogP) is 4.97. The van der Waals surface area contributed by atoms with Crippen LogP contribution in [0.4, 0.5) is 30.7 Å². The molecule has 0 radical (unpaired) electrons. The van der Waals surface area contributed by atoms with E-state index in [1.807, 2.05) is 0 Å². The van der Waals surface area contributed by atoms with Crippen molar-refractivity contribution in [2.75, 3.05) is 0 Å². The molecule has 2 heterocycles. The van der Waals surface area contributed by atoms with Crippen molar-refractivity contribution in [3.63, 3.8) is 0 Å². The van der Waals surface area contributed by atoms with Crippen LogP contribution < -0.4 is 11.1 Å². The average Bonchev–Trinajstić information content (AvgIpc) is 3.35. The lowest BCUT2D eigenvalue weighted by molar-refractivity contribution is -0.138. The molecule has 0 spiro atoms. The molecule has 220 valence electrons. The summed E-state index contributed by atoms with van der Waals surface area (Å²) in [7, 11) is 1.27. The van der Waals surface area contributed by atoms with E-state index in [1.165, 1.54) is 7.05 Å². The van der Waals surface area contributed by atoms with Crippen LogP contribution in [0.5, 0.6) is 0 Å². The van der Waals surface area contributed by atoms with Gasteiger partial charge in [0.1, 0.15) is 17.2 Å². The van der Waals surface area contributed by atoms with Crippen molar-refractivity contribution in [3.05, 3.63) is 86.6 Å². The van der Waals surface area contributed by atoms with Crippen molar-refractivity contribution in [1.82, 2.24) is 15.1 Å². The zero-order valence-corrected chi connectivity index (χ0v) is 21.7. The SMILES string of the molecule is Cn1nc2c3c(c(-c4c(C(N)=O)cc(F)cc4C(F)(F)F)cc2c1COC(F)F)C(O)(c1cc(F)ccc1Cl)NC3=O. The maximum absolute atomic E-state index is 14.4. The first-order valence-corrected chi connectivity index (χ1v) is 12.1. The standard InChI is InChI=1S/C26H16ClF7N4O4/c1-38-17(8-42-24(30)31)11-7-12(18-13(22(35)39)4-10(29)6-15(18)26(32,33)34)20-19(21(11)37-38)23(40)36-25(20,41)14-5-9(28)2-3-16(14)27/h2-7,24,41H,8H2,1H3,(H2,35,39)(H,36,40). The third kappa shape index (κ3) is 4.62. The highest BCUT2D eigenvalue weighted by Crippen LogP contribution is 2.50.